The molecule has 1 aliphatic carbocycles. The highest BCUT2D eigenvalue weighted by Crippen LogP contribution is 2.55. The lowest BCUT2D eigenvalue weighted by atomic mass is 9.81. The van der Waals surface area contributed by atoms with Gasteiger partial charge < -0.3 is 28.1 Å². The number of aromatic nitrogens is 4. The number of aryl methyl sites for hydroxylation is 6. The number of hydrogen-bond donors (Lipinski definition) is 0. The molecule has 0 bridgehead atoms. The Morgan fingerprint density at radius 2 is 0.578 bits per heavy atom. The Bertz CT molecular complexity index is 8160. The third-order valence-corrected chi connectivity index (χ3v) is 27.2. The molecule has 1 saturated carbocycles. The van der Waals surface area contributed by atoms with Crippen LogP contribution in [0.2, 0.25) is 0 Å². The first-order chi connectivity index (χ1) is 63.0. The van der Waals surface area contributed by atoms with Crippen molar-refractivity contribution in [1.82, 2.24) is 18.3 Å². The van der Waals surface area contributed by atoms with Crippen molar-refractivity contribution in [3.63, 3.8) is 0 Å². The van der Waals surface area contributed by atoms with E-state index in [0.29, 0.717) is 5.92 Å². The summed E-state index contributed by atoms with van der Waals surface area (Å²) in [5.74, 6) is 0.572. The molecule has 614 valence electrons. The summed E-state index contributed by atoms with van der Waals surface area (Å²) in [5, 5.41) is 14.9. The van der Waals surface area contributed by atoms with Gasteiger partial charge in [-0.15, -0.1) is 0 Å². The van der Waals surface area contributed by atoms with E-state index in [1.165, 1.54) is 213 Å². The zero-order valence-corrected chi connectivity index (χ0v) is 73.0. The van der Waals surface area contributed by atoms with Crippen LogP contribution in [-0.2, 0) is 0 Å². The van der Waals surface area contributed by atoms with Gasteiger partial charge in [-0.25, -0.2) is 0 Å². The lowest BCUT2D eigenvalue weighted by molar-refractivity contribution is 0.444. The molecule has 6 nitrogen and oxygen atoms in total. The molecule has 6 heteroatoms. The first-order valence-corrected chi connectivity index (χ1v) is 45.3. The van der Waals surface area contributed by atoms with Gasteiger partial charge in [0.05, 0.1) is 49.8 Å². The topological polar surface area (TPSA) is 26.2 Å². The maximum Gasteiger partial charge on any atom is 0.0795 e. The van der Waals surface area contributed by atoms with Gasteiger partial charge >= 0.3 is 0 Å². The first kappa shape index (κ1) is 77.3. The maximum absolute atomic E-state index is 2.56. The van der Waals surface area contributed by atoms with Crippen LogP contribution in [-0.4, -0.2) is 18.3 Å². The zero-order valence-electron chi connectivity index (χ0n) is 73.0. The van der Waals surface area contributed by atoms with E-state index >= 15 is 0 Å². The van der Waals surface area contributed by atoms with E-state index in [1.54, 1.807) is 0 Å². The van der Waals surface area contributed by atoms with Crippen molar-refractivity contribution in [3.05, 3.63) is 445 Å². The van der Waals surface area contributed by atoms with Crippen molar-refractivity contribution in [1.29, 1.82) is 0 Å². The van der Waals surface area contributed by atoms with E-state index in [-0.39, 0.29) is 0 Å². The van der Waals surface area contributed by atoms with Crippen molar-refractivity contribution >= 4 is 143 Å². The number of para-hydroxylation sites is 5. The number of rotatable bonds is 14. The molecule has 4 heterocycles. The smallest absolute Gasteiger partial charge is 0.0795 e. The average molecular weight is 1650 g/mol. The van der Waals surface area contributed by atoms with Gasteiger partial charge in [0.15, 0.2) is 0 Å². The molecule has 128 heavy (non-hydrogen) atoms. The SMILES string of the molecule is Cc1ccc(-n2c3ccccc3c3cc(-c4ccc(N(c5ccccc5)c5cc6ccccc6c6ccccc56)cc4)c4c5ccccc5n(-c5ccc(C)cc5)c4c32)cc1.Cc1ccc(N(c2ccc(C)cc2)c2ccc(-c3c(-c4cccc(C5CCCCC5)c4)c4c5ccccc5n(-c5ccc(C)cc5)c4c4c3c3ccccc3n4-c3ccc(C)cc3)cc2)cc1. The summed E-state index contributed by atoms with van der Waals surface area (Å²) in [6.45, 7) is 13.0. The fraction of sp³-hybridized carbons (Fsp3) is 0.0984. The summed E-state index contributed by atoms with van der Waals surface area (Å²) in [6.07, 6.45) is 6.44. The minimum Gasteiger partial charge on any atom is -0.311 e. The van der Waals surface area contributed by atoms with Gasteiger partial charge in [-0.1, -0.05) is 313 Å². The minimum absolute atomic E-state index is 0.572. The summed E-state index contributed by atoms with van der Waals surface area (Å²) in [5.41, 5.74) is 37.3. The number of nitrogens with zero attached hydrogens (tertiary/aromatic N) is 6. The Balaban J connectivity index is 0.000000147. The Hall–Kier alpha value is -15.5. The largest absolute Gasteiger partial charge is 0.311 e. The number of hydrogen-bond acceptors (Lipinski definition) is 2. The van der Waals surface area contributed by atoms with E-state index in [4.69, 9.17) is 0 Å². The highest BCUT2D eigenvalue weighted by Gasteiger charge is 2.32. The molecule has 0 radical (unpaired) electrons. The summed E-state index contributed by atoms with van der Waals surface area (Å²) < 4.78 is 10.1. The molecule has 0 spiro atoms. The molecule has 0 unspecified atom stereocenters. The second kappa shape index (κ2) is 31.9. The summed E-state index contributed by atoms with van der Waals surface area (Å²) in [4.78, 5) is 4.80. The van der Waals surface area contributed by atoms with Crippen molar-refractivity contribution < 1.29 is 0 Å². The third kappa shape index (κ3) is 13.2. The Labute approximate surface area is 747 Å². The van der Waals surface area contributed by atoms with E-state index in [9.17, 15) is 0 Å². The van der Waals surface area contributed by atoms with Crippen LogP contribution in [0.25, 0.3) is 165 Å². The zero-order chi connectivity index (χ0) is 85.8. The highest BCUT2D eigenvalue weighted by atomic mass is 15.2. The fourth-order valence-corrected chi connectivity index (χ4v) is 20.9. The van der Waals surface area contributed by atoms with Gasteiger partial charge in [0.25, 0.3) is 0 Å². The molecule has 4 aromatic heterocycles. The minimum atomic E-state index is 0.572. The van der Waals surface area contributed by atoms with E-state index in [0.717, 1.165) is 56.9 Å². The molecule has 0 aliphatic heterocycles. The Morgan fingerprint density at radius 1 is 0.227 bits per heavy atom. The average Bonchev–Trinajstić information content (AvgIpc) is 1.51. The normalized spacial score (nSPS) is 12.6. The van der Waals surface area contributed by atoms with Crippen LogP contribution in [0, 0.1) is 41.5 Å². The molecule has 0 atom stereocenters. The lowest BCUT2D eigenvalue weighted by Crippen LogP contribution is -2.10. The molecule has 23 aromatic rings. The van der Waals surface area contributed by atoms with Gasteiger partial charge in [-0.3, -0.25) is 0 Å². The van der Waals surface area contributed by atoms with Crippen molar-refractivity contribution in [2.24, 2.45) is 0 Å². The second-order valence-corrected chi connectivity index (χ2v) is 35.4. The molecule has 0 N–H and O–H groups in total. The van der Waals surface area contributed by atoms with Gasteiger partial charge in [-0.2, -0.15) is 0 Å². The van der Waals surface area contributed by atoms with Crippen LogP contribution < -0.4 is 9.80 Å². The predicted octanol–water partition coefficient (Wildman–Crippen LogP) is 33.9. The van der Waals surface area contributed by atoms with Crippen LogP contribution in [0.1, 0.15) is 77.0 Å². The molecule has 24 rings (SSSR count). The Kier molecular flexibility index (Phi) is 19.3. The summed E-state index contributed by atoms with van der Waals surface area (Å²) in [6, 6.07) is 151. The number of anilines is 6. The molecule has 0 amide bonds. The molecule has 19 aromatic carbocycles. The molecule has 1 fully saturated rings. The number of fused-ring (bicyclic) bond motifs is 17. The predicted molar refractivity (Wildman–Crippen MR) is 545 cm³/mol. The summed E-state index contributed by atoms with van der Waals surface area (Å²) in [7, 11) is 0. The van der Waals surface area contributed by atoms with Gasteiger partial charge in [0, 0.05) is 111 Å². The van der Waals surface area contributed by atoms with E-state index < -0.39 is 0 Å². The quantitative estimate of drug-likeness (QED) is 0.101. The van der Waals surface area contributed by atoms with Gasteiger partial charge in [0.1, 0.15) is 0 Å². The fourth-order valence-electron chi connectivity index (χ4n) is 20.9. The summed E-state index contributed by atoms with van der Waals surface area (Å²) >= 11 is 0. The van der Waals surface area contributed by atoms with Crippen molar-refractivity contribution in [2.75, 3.05) is 9.80 Å². The molecule has 1 aliphatic rings. The maximum atomic E-state index is 2.56. The van der Waals surface area contributed by atoms with Crippen molar-refractivity contribution in [2.45, 2.75) is 79.6 Å². The monoisotopic (exact) mass is 1640 g/mol. The molecular formula is C122H96N6. The van der Waals surface area contributed by atoms with Crippen LogP contribution in [0.5, 0.6) is 0 Å². The lowest BCUT2D eigenvalue weighted by Gasteiger charge is -2.27. The highest BCUT2D eigenvalue weighted by molar-refractivity contribution is 6.34. The van der Waals surface area contributed by atoms with Crippen molar-refractivity contribution in [3.8, 4) is 56.1 Å². The van der Waals surface area contributed by atoms with Crippen LogP contribution in [0.3, 0.4) is 0 Å². The van der Waals surface area contributed by atoms with Crippen LogP contribution in [0.15, 0.2) is 406 Å². The number of benzene rings is 19. The van der Waals surface area contributed by atoms with Gasteiger partial charge in [-0.05, 0) is 250 Å². The van der Waals surface area contributed by atoms with Gasteiger partial charge in [0.2, 0.25) is 0 Å². The standard InChI is InChI=1S/C64H55N3.C58H41N3/c1-42-21-31-50(32-22-42)65(51-33-23-43(2)24-34-51)52-39-29-47(30-40-52)59-60(49-16-12-15-48(41-49)46-13-6-5-7-14-46)62-56-18-9-11-20-58(56)67(54-37-27-45(4)28-38-54)64(62)63-61(59)55-17-8-10-19-57(55)66(63)53-35-25-44(3)26-36-53;1-38-24-30-44(31-25-38)60-53-22-12-10-20-49(53)52-37-51(56-50-21-11-13-23-54(50)61(58(56)57(52)60)45-32-26-39(2)27-33-45)40-28-34-43(35-29-40)59(42-15-4-3-5-16-42)55-36-41-14-6-7-17-46(41)47-18-8-9-19-48(47)55/h8-12,15-41,46H,5-7,13-14H2,1-4H3;3-37H,1-2H3. The van der Waals surface area contributed by atoms with E-state index in [1.807, 2.05) is 0 Å². The van der Waals surface area contributed by atoms with Crippen LogP contribution >= 0.6 is 0 Å². The molecule has 0 saturated heterocycles. The second-order valence-electron chi connectivity index (χ2n) is 35.4. The Morgan fingerprint density at radius 3 is 1.06 bits per heavy atom. The van der Waals surface area contributed by atoms with Crippen LogP contribution in [0.4, 0.5) is 34.1 Å². The van der Waals surface area contributed by atoms with E-state index in [2.05, 4.69) is 476 Å². The molecular weight excluding hydrogens is 1550 g/mol. The first-order valence-electron chi connectivity index (χ1n) is 45.3. The third-order valence-electron chi connectivity index (χ3n) is 27.2.